The summed E-state index contributed by atoms with van der Waals surface area (Å²) in [4.78, 5) is 14.0. The lowest BCUT2D eigenvalue weighted by molar-refractivity contribution is -0.135. The molecule has 0 spiro atoms. The van der Waals surface area contributed by atoms with Crippen molar-refractivity contribution in [1.82, 2.24) is 4.90 Å². The number of ether oxygens (including phenoxy) is 1. The van der Waals surface area contributed by atoms with E-state index in [0.29, 0.717) is 19.0 Å². The highest BCUT2D eigenvalue weighted by molar-refractivity contribution is 5.76. The Kier molecular flexibility index (Phi) is 6.65. The third-order valence-electron chi connectivity index (χ3n) is 4.33. The molecule has 0 radical (unpaired) electrons. The highest BCUT2D eigenvalue weighted by atomic mass is 16.5. The maximum atomic E-state index is 12.1. The Bertz CT molecular complexity index is 246. The van der Waals surface area contributed by atoms with E-state index in [2.05, 4.69) is 6.92 Å². The van der Waals surface area contributed by atoms with Crippen LogP contribution in [0, 0.1) is 5.92 Å². The molecule has 106 valence electrons. The number of nitrogens with two attached hydrogens (primary N) is 1. The molecule has 2 N–H and O–H groups in total. The molecule has 1 amide bonds. The minimum atomic E-state index is -0.146. The van der Waals surface area contributed by atoms with Gasteiger partial charge in [0, 0.05) is 26.7 Å². The van der Waals surface area contributed by atoms with Crippen molar-refractivity contribution in [3.63, 3.8) is 0 Å². The number of nitrogens with zero attached hydrogens (tertiary/aromatic N) is 1. The van der Waals surface area contributed by atoms with E-state index in [9.17, 15) is 4.79 Å². The molecule has 1 aliphatic rings. The largest absolute Gasteiger partial charge is 0.380 e. The average molecular weight is 256 g/mol. The molecule has 18 heavy (non-hydrogen) atoms. The first-order chi connectivity index (χ1) is 8.62. The number of amides is 1. The van der Waals surface area contributed by atoms with Gasteiger partial charge in [0.25, 0.3) is 0 Å². The summed E-state index contributed by atoms with van der Waals surface area (Å²) in [5.74, 6) is 1.02. The summed E-state index contributed by atoms with van der Waals surface area (Å²) < 4.78 is 5.17. The monoisotopic (exact) mass is 256 g/mol. The lowest BCUT2D eigenvalue weighted by Gasteiger charge is -2.35. The fourth-order valence-electron chi connectivity index (χ4n) is 2.75. The van der Waals surface area contributed by atoms with Crippen molar-refractivity contribution in [2.24, 2.45) is 11.7 Å². The fourth-order valence-corrected chi connectivity index (χ4v) is 2.75. The molecule has 0 bridgehead atoms. The lowest BCUT2D eigenvalue weighted by atomic mass is 9.84. The van der Waals surface area contributed by atoms with Crippen LogP contribution in [0.2, 0.25) is 0 Å². The predicted octanol–water partition coefficient (Wildman–Crippen LogP) is 1.78. The van der Waals surface area contributed by atoms with Gasteiger partial charge in [-0.25, -0.2) is 0 Å². The maximum absolute atomic E-state index is 12.1. The molecule has 0 heterocycles. The Morgan fingerprint density at radius 2 is 2.00 bits per heavy atom. The number of hydrogen-bond acceptors (Lipinski definition) is 3. The van der Waals surface area contributed by atoms with Crippen LogP contribution in [0.1, 0.15) is 45.4 Å². The zero-order valence-electron chi connectivity index (χ0n) is 12.0. The van der Waals surface area contributed by atoms with Crippen LogP contribution in [-0.2, 0) is 9.53 Å². The van der Waals surface area contributed by atoms with Gasteiger partial charge in [-0.3, -0.25) is 4.79 Å². The molecule has 0 aromatic carbocycles. The van der Waals surface area contributed by atoms with Crippen LogP contribution in [-0.4, -0.2) is 43.7 Å². The quantitative estimate of drug-likeness (QED) is 0.788. The number of rotatable bonds is 6. The van der Waals surface area contributed by atoms with Gasteiger partial charge in [-0.2, -0.15) is 0 Å². The van der Waals surface area contributed by atoms with E-state index in [1.165, 1.54) is 19.3 Å². The molecule has 0 aromatic rings. The molecule has 0 aliphatic heterocycles. The summed E-state index contributed by atoms with van der Waals surface area (Å²) in [5, 5.41) is 0. The van der Waals surface area contributed by atoms with Crippen molar-refractivity contribution < 1.29 is 9.53 Å². The molecule has 1 saturated carbocycles. The summed E-state index contributed by atoms with van der Waals surface area (Å²) in [6.07, 6.45) is 6.31. The van der Waals surface area contributed by atoms with Crippen molar-refractivity contribution in [1.29, 1.82) is 0 Å². The number of carbonyl (C=O) groups excluding carboxylic acids is 1. The van der Waals surface area contributed by atoms with Crippen LogP contribution < -0.4 is 5.73 Å². The van der Waals surface area contributed by atoms with Gasteiger partial charge in [0.1, 0.15) is 0 Å². The van der Waals surface area contributed by atoms with Crippen molar-refractivity contribution in [2.75, 3.05) is 20.7 Å². The van der Waals surface area contributed by atoms with Gasteiger partial charge in [-0.05, 0) is 31.6 Å². The van der Waals surface area contributed by atoms with Crippen LogP contribution in [0.5, 0.6) is 0 Å². The van der Waals surface area contributed by atoms with Gasteiger partial charge >= 0.3 is 0 Å². The molecule has 1 atom stereocenters. The van der Waals surface area contributed by atoms with E-state index < -0.39 is 0 Å². The van der Waals surface area contributed by atoms with Crippen molar-refractivity contribution in [2.45, 2.75) is 57.6 Å². The smallest absolute Gasteiger partial charge is 0.225 e. The summed E-state index contributed by atoms with van der Waals surface area (Å²) in [7, 11) is 3.53. The van der Waals surface area contributed by atoms with E-state index in [-0.39, 0.29) is 12.0 Å². The summed E-state index contributed by atoms with van der Waals surface area (Å²) in [6.45, 7) is 2.66. The van der Waals surface area contributed by atoms with E-state index in [1.807, 2.05) is 11.9 Å². The highest BCUT2D eigenvalue weighted by Crippen LogP contribution is 2.29. The molecule has 4 heteroatoms. The first-order valence-corrected chi connectivity index (χ1v) is 7.10. The second-order valence-corrected chi connectivity index (χ2v) is 5.38. The Hall–Kier alpha value is -0.610. The minimum Gasteiger partial charge on any atom is -0.380 e. The van der Waals surface area contributed by atoms with Crippen molar-refractivity contribution in [3.8, 4) is 0 Å². The Labute approximate surface area is 111 Å². The normalized spacial score (nSPS) is 25.8. The second-order valence-electron chi connectivity index (χ2n) is 5.38. The Morgan fingerprint density at radius 1 is 1.39 bits per heavy atom. The number of carbonyl (C=O) groups is 1. The van der Waals surface area contributed by atoms with E-state index >= 15 is 0 Å². The number of hydrogen-bond donors (Lipinski definition) is 1. The third kappa shape index (κ3) is 4.25. The van der Waals surface area contributed by atoms with Crippen molar-refractivity contribution >= 4 is 5.91 Å². The van der Waals surface area contributed by atoms with E-state index in [1.54, 1.807) is 7.11 Å². The van der Waals surface area contributed by atoms with Crippen LogP contribution in [0.25, 0.3) is 0 Å². The number of methoxy groups -OCH3 is 1. The third-order valence-corrected chi connectivity index (χ3v) is 4.33. The molecular formula is C14H28N2O2. The first-order valence-electron chi connectivity index (χ1n) is 7.10. The molecule has 1 unspecified atom stereocenters. The topological polar surface area (TPSA) is 55.6 Å². The average Bonchev–Trinajstić information content (AvgIpc) is 2.43. The van der Waals surface area contributed by atoms with Crippen molar-refractivity contribution in [3.05, 3.63) is 0 Å². The molecule has 1 aliphatic carbocycles. The summed E-state index contributed by atoms with van der Waals surface area (Å²) in [6, 6.07) is 0.413. The van der Waals surface area contributed by atoms with Gasteiger partial charge in [-0.15, -0.1) is 0 Å². The zero-order valence-corrected chi connectivity index (χ0v) is 12.0. The molecular weight excluding hydrogens is 228 g/mol. The minimum absolute atomic E-state index is 0.146. The SMILES string of the molecule is CCC1CCC(N(C)C(=O)CC(CN)OC)CC1. The standard InChI is InChI=1S/C14H28N2O2/c1-4-11-5-7-12(8-6-11)16(2)14(17)9-13(10-15)18-3/h11-13H,4-10,15H2,1-3H3. The maximum Gasteiger partial charge on any atom is 0.225 e. The predicted molar refractivity (Wildman–Crippen MR) is 73.3 cm³/mol. The molecule has 4 nitrogen and oxygen atoms in total. The molecule has 1 fully saturated rings. The van der Waals surface area contributed by atoms with Gasteiger partial charge in [0.05, 0.1) is 12.5 Å². The zero-order chi connectivity index (χ0) is 13.5. The van der Waals surface area contributed by atoms with Crippen LogP contribution in [0.4, 0.5) is 0 Å². The van der Waals surface area contributed by atoms with Gasteiger partial charge in [-0.1, -0.05) is 13.3 Å². The van der Waals surface area contributed by atoms with E-state index in [4.69, 9.17) is 10.5 Å². The molecule has 0 aromatic heterocycles. The second kappa shape index (κ2) is 7.74. The van der Waals surface area contributed by atoms with Gasteiger partial charge in [0.2, 0.25) is 5.91 Å². The van der Waals surface area contributed by atoms with Gasteiger partial charge < -0.3 is 15.4 Å². The summed E-state index contributed by atoms with van der Waals surface area (Å²) in [5.41, 5.74) is 5.55. The Balaban J connectivity index is 2.39. The van der Waals surface area contributed by atoms with Crippen LogP contribution in [0.15, 0.2) is 0 Å². The van der Waals surface area contributed by atoms with Crippen LogP contribution >= 0.6 is 0 Å². The molecule has 1 rings (SSSR count). The molecule has 0 saturated heterocycles. The summed E-state index contributed by atoms with van der Waals surface area (Å²) >= 11 is 0. The van der Waals surface area contributed by atoms with E-state index in [0.717, 1.165) is 18.8 Å². The van der Waals surface area contributed by atoms with Crippen LogP contribution in [0.3, 0.4) is 0 Å². The highest BCUT2D eigenvalue weighted by Gasteiger charge is 2.26. The first kappa shape index (κ1) is 15.4. The lowest BCUT2D eigenvalue weighted by Crippen LogP contribution is -2.41. The Morgan fingerprint density at radius 3 is 2.44 bits per heavy atom. The fraction of sp³-hybridized carbons (Fsp3) is 0.929. The van der Waals surface area contributed by atoms with Gasteiger partial charge in [0.15, 0.2) is 0 Å².